The number of para-hydroxylation sites is 2. The zero-order valence-corrected chi connectivity index (χ0v) is 16.5. The van der Waals surface area contributed by atoms with E-state index in [1.165, 1.54) is 0 Å². The highest BCUT2D eigenvalue weighted by Gasteiger charge is 2.33. The van der Waals surface area contributed by atoms with Gasteiger partial charge in [0.25, 0.3) is 6.01 Å². The predicted molar refractivity (Wildman–Crippen MR) is 110 cm³/mol. The highest BCUT2D eigenvalue weighted by molar-refractivity contribution is 5.86. The van der Waals surface area contributed by atoms with Gasteiger partial charge in [-0.15, -0.1) is 0 Å². The zero-order valence-electron chi connectivity index (χ0n) is 16.5. The van der Waals surface area contributed by atoms with E-state index in [0.29, 0.717) is 17.4 Å². The zero-order chi connectivity index (χ0) is 20.5. The fourth-order valence-electron chi connectivity index (χ4n) is 3.82. The molecule has 1 aliphatic rings. The van der Waals surface area contributed by atoms with Crippen molar-refractivity contribution in [1.29, 1.82) is 0 Å². The number of carbonyl (C=O) groups is 1. The fourth-order valence-corrected chi connectivity index (χ4v) is 3.82. The number of nitrogens with one attached hydrogen (secondary N) is 1. The molecule has 4 heterocycles. The highest BCUT2D eigenvalue weighted by Crippen LogP contribution is 2.28. The van der Waals surface area contributed by atoms with E-state index >= 15 is 0 Å². The number of oxazole rings is 1. The third-order valence-electron chi connectivity index (χ3n) is 5.27. The average molecular weight is 403 g/mol. The molecule has 1 N–H and O–H groups in total. The maximum atomic E-state index is 13.0. The minimum atomic E-state index is -0.323. The molecule has 1 saturated heterocycles. The van der Waals surface area contributed by atoms with E-state index in [2.05, 4.69) is 25.4 Å². The minimum absolute atomic E-state index is 0.0717. The lowest BCUT2D eigenvalue weighted by Crippen LogP contribution is -2.43. The number of aryl methyl sites for hydroxylation is 1. The molecule has 9 heteroatoms. The van der Waals surface area contributed by atoms with Crippen LogP contribution in [0.1, 0.15) is 18.5 Å². The van der Waals surface area contributed by atoms with Crippen molar-refractivity contribution in [3.63, 3.8) is 0 Å². The normalized spacial score (nSPS) is 16.3. The van der Waals surface area contributed by atoms with Gasteiger partial charge in [0, 0.05) is 37.7 Å². The van der Waals surface area contributed by atoms with Gasteiger partial charge >= 0.3 is 0 Å². The summed E-state index contributed by atoms with van der Waals surface area (Å²) in [5.41, 5.74) is 3.79. The van der Waals surface area contributed by atoms with Crippen molar-refractivity contribution in [2.24, 2.45) is 7.05 Å². The van der Waals surface area contributed by atoms with Crippen LogP contribution in [0.5, 0.6) is 0 Å². The standard InChI is InChI=1S/C21H21N7O2/c1-27-13-14(11-25-27)19-16(22-8-9-23-19)12-24-20(29)17-6-4-10-28(17)21-26-15-5-2-3-7-18(15)30-21/h2-3,5,7-9,11,13,17H,4,6,10,12H2,1H3,(H,24,29). The lowest BCUT2D eigenvalue weighted by Gasteiger charge is -2.22. The summed E-state index contributed by atoms with van der Waals surface area (Å²) in [5, 5.41) is 7.20. The molecule has 3 aromatic heterocycles. The quantitative estimate of drug-likeness (QED) is 0.545. The maximum Gasteiger partial charge on any atom is 0.299 e. The molecule has 0 aliphatic carbocycles. The van der Waals surface area contributed by atoms with Crippen molar-refractivity contribution < 1.29 is 9.21 Å². The van der Waals surface area contributed by atoms with Crippen LogP contribution in [-0.4, -0.2) is 43.2 Å². The highest BCUT2D eigenvalue weighted by atomic mass is 16.4. The number of hydrogen-bond donors (Lipinski definition) is 1. The van der Waals surface area contributed by atoms with Crippen LogP contribution >= 0.6 is 0 Å². The molecule has 0 saturated carbocycles. The first-order valence-corrected chi connectivity index (χ1v) is 9.88. The molecule has 4 aromatic rings. The summed E-state index contributed by atoms with van der Waals surface area (Å²) in [5.74, 6) is -0.0717. The van der Waals surface area contributed by atoms with Crippen molar-refractivity contribution in [3.05, 3.63) is 54.7 Å². The van der Waals surface area contributed by atoms with Gasteiger partial charge in [0.1, 0.15) is 11.6 Å². The van der Waals surface area contributed by atoms with E-state index in [4.69, 9.17) is 4.42 Å². The Labute approximate surface area is 172 Å². The number of amides is 1. The second kappa shape index (κ2) is 7.58. The Morgan fingerprint density at radius 2 is 2.13 bits per heavy atom. The first-order valence-electron chi connectivity index (χ1n) is 9.88. The van der Waals surface area contributed by atoms with Crippen molar-refractivity contribution in [1.82, 2.24) is 30.0 Å². The number of benzene rings is 1. The van der Waals surface area contributed by atoms with Crippen molar-refractivity contribution in [2.45, 2.75) is 25.4 Å². The van der Waals surface area contributed by atoms with E-state index in [-0.39, 0.29) is 18.5 Å². The molecular formula is C21H21N7O2. The van der Waals surface area contributed by atoms with Crippen molar-refractivity contribution >= 4 is 23.0 Å². The molecule has 1 aromatic carbocycles. The van der Waals surface area contributed by atoms with Gasteiger partial charge in [0.05, 0.1) is 24.1 Å². The molecule has 1 atom stereocenters. The second-order valence-electron chi connectivity index (χ2n) is 7.29. The third-order valence-corrected chi connectivity index (χ3v) is 5.27. The van der Waals surface area contributed by atoms with E-state index in [1.807, 2.05) is 42.4 Å². The lowest BCUT2D eigenvalue weighted by atomic mass is 10.1. The number of aromatic nitrogens is 5. The number of nitrogens with zero attached hydrogens (tertiary/aromatic N) is 6. The van der Waals surface area contributed by atoms with Crippen LogP contribution in [0.3, 0.4) is 0 Å². The molecule has 0 radical (unpaired) electrons. The molecule has 1 aliphatic heterocycles. The molecule has 0 spiro atoms. The van der Waals surface area contributed by atoms with E-state index < -0.39 is 0 Å². The number of hydrogen-bond acceptors (Lipinski definition) is 7. The Balaban J connectivity index is 1.32. The van der Waals surface area contributed by atoms with Crippen LogP contribution in [0.25, 0.3) is 22.4 Å². The van der Waals surface area contributed by atoms with Gasteiger partial charge in [0.2, 0.25) is 5.91 Å². The first-order chi connectivity index (χ1) is 14.7. The van der Waals surface area contributed by atoms with Gasteiger partial charge in [-0.3, -0.25) is 19.4 Å². The van der Waals surface area contributed by atoms with E-state index in [0.717, 1.165) is 36.0 Å². The van der Waals surface area contributed by atoms with Gasteiger partial charge in [0.15, 0.2) is 5.58 Å². The van der Waals surface area contributed by atoms with Crippen LogP contribution in [0.2, 0.25) is 0 Å². The Bertz CT molecular complexity index is 1170. The molecule has 30 heavy (non-hydrogen) atoms. The van der Waals surface area contributed by atoms with E-state index in [1.54, 1.807) is 23.3 Å². The minimum Gasteiger partial charge on any atom is -0.423 e. The van der Waals surface area contributed by atoms with Gasteiger partial charge in [-0.1, -0.05) is 12.1 Å². The van der Waals surface area contributed by atoms with Crippen LogP contribution in [0.15, 0.2) is 53.5 Å². The van der Waals surface area contributed by atoms with Gasteiger partial charge < -0.3 is 14.6 Å². The van der Waals surface area contributed by atoms with E-state index in [9.17, 15) is 4.79 Å². The molecule has 152 valence electrons. The number of fused-ring (bicyclic) bond motifs is 1. The Hall–Kier alpha value is -3.75. The smallest absolute Gasteiger partial charge is 0.299 e. The predicted octanol–water partition coefficient (Wildman–Crippen LogP) is 2.30. The maximum absolute atomic E-state index is 13.0. The fraction of sp³-hybridized carbons (Fsp3) is 0.286. The SMILES string of the molecule is Cn1cc(-c2nccnc2CNC(=O)C2CCCN2c2nc3ccccc3o2)cn1. The van der Waals surface area contributed by atoms with Crippen LogP contribution in [0, 0.1) is 0 Å². The van der Waals surface area contributed by atoms with Crippen molar-refractivity contribution in [3.8, 4) is 11.3 Å². The van der Waals surface area contributed by atoms with Gasteiger partial charge in [-0.2, -0.15) is 10.1 Å². The summed E-state index contributed by atoms with van der Waals surface area (Å²) in [6.45, 7) is 1.02. The topological polar surface area (TPSA) is 102 Å². The Morgan fingerprint density at radius 1 is 1.27 bits per heavy atom. The summed E-state index contributed by atoms with van der Waals surface area (Å²) in [6.07, 6.45) is 8.53. The lowest BCUT2D eigenvalue weighted by molar-refractivity contribution is -0.122. The molecule has 0 bridgehead atoms. The monoisotopic (exact) mass is 403 g/mol. The summed E-state index contributed by atoms with van der Waals surface area (Å²) >= 11 is 0. The Morgan fingerprint density at radius 3 is 2.97 bits per heavy atom. The first kappa shape index (κ1) is 18.3. The third kappa shape index (κ3) is 3.38. The number of anilines is 1. The summed E-state index contributed by atoms with van der Waals surface area (Å²) in [7, 11) is 1.85. The number of rotatable bonds is 5. The van der Waals surface area contributed by atoms with Gasteiger partial charge in [-0.05, 0) is 25.0 Å². The summed E-state index contributed by atoms with van der Waals surface area (Å²) in [6, 6.07) is 7.78. The Kier molecular flexibility index (Phi) is 4.62. The van der Waals surface area contributed by atoms with Crippen LogP contribution in [0.4, 0.5) is 6.01 Å². The largest absolute Gasteiger partial charge is 0.423 e. The summed E-state index contributed by atoms with van der Waals surface area (Å²) < 4.78 is 7.59. The molecular weight excluding hydrogens is 382 g/mol. The molecule has 9 nitrogen and oxygen atoms in total. The van der Waals surface area contributed by atoms with Crippen LogP contribution < -0.4 is 10.2 Å². The van der Waals surface area contributed by atoms with Crippen molar-refractivity contribution in [2.75, 3.05) is 11.4 Å². The second-order valence-corrected chi connectivity index (χ2v) is 7.29. The molecule has 1 amide bonds. The van der Waals surface area contributed by atoms with Crippen LogP contribution in [-0.2, 0) is 18.4 Å². The molecule has 1 unspecified atom stereocenters. The summed E-state index contributed by atoms with van der Waals surface area (Å²) in [4.78, 5) is 28.3. The number of carbonyl (C=O) groups excluding carboxylic acids is 1. The molecule has 5 rings (SSSR count). The average Bonchev–Trinajstić information content (AvgIpc) is 3.50. The molecule has 1 fully saturated rings. The van der Waals surface area contributed by atoms with Gasteiger partial charge in [-0.25, -0.2) is 0 Å².